The summed E-state index contributed by atoms with van der Waals surface area (Å²) in [6.45, 7) is 0. The van der Waals surface area contributed by atoms with Gasteiger partial charge < -0.3 is 9.84 Å². The number of benzene rings is 1. The molecule has 0 fully saturated rings. The molecule has 0 aromatic heterocycles. The Hall–Kier alpha value is -1.77. The zero-order valence-corrected chi connectivity index (χ0v) is 7.93. The Bertz CT molecular complexity index is 342. The number of phenolic OH excluding ortho intramolecular Hbond substituents is 1. The molecule has 1 N–H and O–H groups in total. The second-order valence-corrected chi connectivity index (χ2v) is 2.74. The van der Waals surface area contributed by atoms with Crippen LogP contribution in [0.2, 0.25) is 0 Å². The molecule has 1 aromatic rings. The minimum atomic E-state index is -0.295. The minimum Gasteiger partial charge on any atom is -0.507 e. The van der Waals surface area contributed by atoms with Crippen LogP contribution < -0.4 is 0 Å². The number of esters is 1. The molecule has 0 saturated carbocycles. The van der Waals surface area contributed by atoms with Gasteiger partial charge in [-0.15, -0.1) is 0 Å². The lowest BCUT2D eigenvalue weighted by Gasteiger charge is -1.96. The van der Waals surface area contributed by atoms with Crippen LogP contribution in [-0.4, -0.2) is 18.2 Å². The van der Waals surface area contributed by atoms with E-state index in [4.69, 9.17) is 0 Å². The number of aromatic hydroxyl groups is 1. The largest absolute Gasteiger partial charge is 0.507 e. The molecule has 0 bridgehead atoms. The highest BCUT2D eigenvalue weighted by Gasteiger charge is 1.96. The molecule has 0 amide bonds. The van der Waals surface area contributed by atoms with Crippen molar-refractivity contribution in [2.75, 3.05) is 7.11 Å². The molecule has 1 rings (SSSR count). The fraction of sp³-hybridized carbons (Fsp3) is 0.182. The average molecular weight is 192 g/mol. The summed E-state index contributed by atoms with van der Waals surface area (Å²) in [7, 11) is 1.34. The first-order valence-electron chi connectivity index (χ1n) is 4.25. The van der Waals surface area contributed by atoms with Crippen molar-refractivity contribution in [3.05, 3.63) is 35.9 Å². The van der Waals surface area contributed by atoms with Crippen LogP contribution in [0.25, 0.3) is 6.08 Å². The molecule has 0 aliphatic rings. The first kappa shape index (κ1) is 10.3. The van der Waals surface area contributed by atoms with Gasteiger partial charge in [0.15, 0.2) is 0 Å². The van der Waals surface area contributed by atoms with E-state index in [1.54, 1.807) is 30.4 Å². The van der Waals surface area contributed by atoms with Gasteiger partial charge in [0.05, 0.1) is 13.5 Å². The Morgan fingerprint density at radius 2 is 2.21 bits per heavy atom. The van der Waals surface area contributed by atoms with Crippen molar-refractivity contribution in [2.45, 2.75) is 6.42 Å². The van der Waals surface area contributed by atoms with E-state index in [0.717, 1.165) is 0 Å². The standard InChI is InChI=1S/C11H12O3/c1-14-11(13)8-4-6-9-5-2-3-7-10(9)12/h2-7,12H,8H2,1H3/b6-4+. The Labute approximate surface area is 82.6 Å². The first-order valence-corrected chi connectivity index (χ1v) is 4.25. The van der Waals surface area contributed by atoms with E-state index < -0.39 is 0 Å². The van der Waals surface area contributed by atoms with Crippen molar-refractivity contribution in [1.29, 1.82) is 0 Å². The zero-order chi connectivity index (χ0) is 10.4. The maximum atomic E-state index is 10.8. The summed E-state index contributed by atoms with van der Waals surface area (Å²) in [5.41, 5.74) is 0.691. The van der Waals surface area contributed by atoms with Crippen molar-refractivity contribution in [3.8, 4) is 5.75 Å². The van der Waals surface area contributed by atoms with Crippen molar-refractivity contribution in [2.24, 2.45) is 0 Å². The van der Waals surface area contributed by atoms with Gasteiger partial charge in [0.25, 0.3) is 0 Å². The van der Waals surface area contributed by atoms with Gasteiger partial charge in [-0.25, -0.2) is 0 Å². The SMILES string of the molecule is COC(=O)C/C=C/c1ccccc1O. The molecule has 3 nitrogen and oxygen atoms in total. The summed E-state index contributed by atoms with van der Waals surface area (Å²) >= 11 is 0. The van der Waals surface area contributed by atoms with Gasteiger partial charge in [0.1, 0.15) is 5.75 Å². The van der Waals surface area contributed by atoms with Crippen LogP contribution in [0, 0.1) is 0 Å². The van der Waals surface area contributed by atoms with E-state index >= 15 is 0 Å². The van der Waals surface area contributed by atoms with Crippen molar-refractivity contribution < 1.29 is 14.6 Å². The molecule has 0 aliphatic carbocycles. The Balaban J connectivity index is 2.60. The molecule has 1 aromatic carbocycles. The topological polar surface area (TPSA) is 46.5 Å². The Morgan fingerprint density at radius 3 is 2.86 bits per heavy atom. The summed E-state index contributed by atoms with van der Waals surface area (Å²) in [5.74, 6) is -0.0923. The molecule has 0 atom stereocenters. The number of carbonyl (C=O) groups is 1. The van der Waals surface area contributed by atoms with Crippen molar-refractivity contribution in [1.82, 2.24) is 0 Å². The Kier molecular flexibility index (Phi) is 3.73. The second-order valence-electron chi connectivity index (χ2n) is 2.74. The van der Waals surface area contributed by atoms with Crippen LogP contribution in [0.3, 0.4) is 0 Å². The average Bonchev–Trinajstić information content (AvgIpc) is 2.20. The molecule has 0 radical (unpaired) electrons. The summed E-state index contributed by atoms with van der Waals surface area (Å²) in [4.78, 5) is 10.8. The summed E-state index contributed by atoms with van der Waals surface area (Å²) < 4.78 is 4.47. The molecule has 14 heavy (non-hydrogen) atoms. The van der Waals surface area contributed by atoms with Crippen LogP contribution in [0.5, 0.6) is 5.75 Å². The second kappa shape index (κ2) is 5.07. The highest BCUT2D eigenvalue weighted by atomic mass is 16.5. The summed E-state index contributed by atoms with van der Waals surface area (Å²) in [5, 5.41) is 9.37. The number of carbonyl (C=O) groups excluding carboxylic acids is 1. The van der Waals surface area contributed by atoms with Crippen molar-refractivity contribution in [3.63, 3.8) is 0 Å². The highest BCUT2D eigenvalue weighted by molar-refractivity contribution is 5.72. The molecule has 0 aliphatic heterocycles. The molecule has 0 spiro atoms. The van der Waals surface area contributed by atoms with E-state index in [9.17, 15) is 9.90 Å². The number of hydrogen-bond donors (Lipinski definition) is 1. The predicted octanol–water partition coefficient (Wildman–Crippen LogP) is 1.97. The lowest BCUT2D eigenvalue weighted by Crippen LogP contribution is -1.96. The maximum Gasteiger partial charge on any atom is 0.309 e. The van der Waals surface area contributed by atoms with Crippen LogP contribution >= 0.6 is 0 Å². The van der Waals surface area contributed by atoms with Gasteiger partial charge in [0, 0.05) is 5.56 Å². The maximum absolute atomic E-state index is 10.8. The van der Waals surface area contributed by atoms with Crippen LogP contribution in [-0.2, 0) is 9.53 Å². The number of rotatable bonds is 3. The number of ether oxygens (including phenoxy) is 1. The van der Waals surface area contributed by atoms with Crippen LogP contribution in [0.1, 0.15) is 12.0 Å². The quantitative estimate of drug-likeness (QED) is 0.745. The Morgan fingerprint density at radius 1 is 1.50 bits per heavy atom. The summed E-state index contributed by atoms with van der Waals surface area (Å²) in [6.07, 6.45) is 3.55. The molecular formula is C11H12O3. The third-order valence-corrected chi connectivity index (χ3v) is 1.75. The molecule has 3 heteroatoms. The van der Waals surface area contributed by atoms with E-state index in [-0.39, 0.29) is 18.1 Å². The van der Waals surface area contributed by atoms with E-state index in [1.807, 2.05) is 6.07 Å². The number of para-hydroxylation sites is 1. The third kappa shape index (κ3) is 2.94. The zero-order valence-electron chi connectivity index (χ0n) is 7.93. The fourth-order valence-electron chi connectivity index (χ4n) is 0.994. The lowest BCUT2D eigenvalue weighted by molar-refractivity contribution is -0.139. The normalized spacial score (nSPS) is 10.4. The fourth-order valence-corrected chi connectivity index (χ4v) is 0.994. The molecule has 0 heterocycles. The lowest BCUT2D eigenvalue weighted by atomic mass is 10.2. The minimum absolute atomic E-state index is 0.202. The number of hydrogen-bond acceptors (Lipinski definition) is 3. The van der Waals surface area contributed by atoms with E-state index in [2.05, 4.69) is 4.74 Å². The van der Waals surface area contributed by atoms with Gasteiger partial charge >= 0.3 is 5.97 Å². The van der Waals surface area contributed by atoms with Gasteiger partial charge in [0.2, 0.25) is 0 Å². The molecule has 74 valence electrons. The van der Waals surface area contributed by atoms with Gasteiger partial charge in [-0.1, -0.05) is 30.4 Å². The number of methoxy groups -OCH3 is 1. The van der Waals surface area contributed by atoms with Crippen molar-refractivity contribution >= 4 is 12.0 Å². The monoisotopic (exact) mass is 192 g/mol. The molecule has 0 unspecified atom stereocenters. The van der Waals surface area contributed by atoms with E-state index in [1.165, 1.54) is 7.11 Å². The van der Waals surface area contributed by atoms with E-state index in [0.29, 0.717) is 5.56 Å². The van der Waals surface area contributed by atoms with Crippen LogP contribution in [0.15, 0.2) is 30.3 Å². The molecule has 0 saturated heterocycles. The van der Waals surface area contributed by atoms with Gasteiger partial charge in [-0.3, -0.25) is 4.79 Å². The van der Waals surface area contributed by atoms with Crippen LogP contribution in [0.4, 0.5) is 0 Å². The molecular weight excluding hydrogens is 180 g/mol. The predicted molar refractivity (Wildman–Crippen MR) is 53.8 cm³/mol. The number of phenols is 1. The van der Waals surface area contributed by atoms with Gasteiger partial charge in [-0.2, -0.15) is 0 Å². The third-order valence-electron chi connectivity index (χ3n) is 1.75. The summed E-state index contributed by atoms with van der Waals surface area (Å²) in [6, 6.07) is 6.92. The van der Waals surface area contributed by atoms with Gasteiger partial charge in [-0.05, 0) is 6.07 Å². The highest BCUT2D eigenvalue weighted by Crippen LogP contribution is 2.16. The first-order chi connectivity index (χ1) is 6.74. The smallest absolute Gasteiger partial charge is 0.309 e.